The molecule has 1 atom stereocenters. The van der Waals surface area contributed by atoms with Crippen LogP contribution >= 0.6 is 0 Å². The molecule has 4 aliphatic heterocycles. The molecule has 6 aromatic rings. The fourth-order valence-corrected chi connectivity index (χ4v) is 10.3. The molecule has 4 amide bonds. The van der Waals surface area contributed by atoms with Crippen molar-refractivity contribution in [2.45, 2.75) is 57.0 Å². The predicted molar refractivity (Wildman–Crippen MR) is 247 cm³/mol. The number of amides is 4. The second-order valence-electron chi connectivity index (χ2n) is 18.3. The van der Waals surface area contributed by atoms with Crippen molar-refractivity contribution in [3.8, 4) is 11.1 Å². The number of likely N-dealkylation sites (tertiary alicyclic amines) is 2. The first-order valence-corrected chi connectivity index (χ1v) is 23.0. The van der Waals surface area contributed by atoms with E-state index < -0.39 is 17.8 Å². The Morgan fingerprint density at radius 2 is 1.57 bits per heavy atom. The number of imide groups is 1. The van der Waals surface area contributed by atoms with Crippen LogP contribution in [0.2, 0.25) is 0 Å². The van der Waals surface area contributed by atoms with Crippen molar-refractivity contribution >= 4 is 51.3 Å². The van der Waals surface area contributed by atoms with Gasteiger partial charge in [0.25, 0.3) is 11.8 Å². The third-order valence-electron chi connectivity index (χ3n) is 14.2. The van der Waals surface area contributed by atoms with E-state index >= 15 is 4.39 Å². The molecule has 10 rings (SSSR count). The third kappa shape index (κ3) is 8.99. The second kappa shape index (κ2) is 18.2. The van der Waals surface area contributed by atoms with Gasteiger partial charge in [0.2, 0.25) is 11.8 Å². The van der Waals surface area contributed by atoms with Crippen LogP contribution in [-0.2, 0) is 23.2 Å². The lowest BCUT2D eigenvalue weighted by atomic mass is 9.88. The Morgan fingerprint density at radius 1 is 0.800 bits per heavy atom. The molecule has 4 aliphatic rings. The topological polar surface area (TPSA) is 152 Å². The molecule has 0 radical (unpaired) electrons. The number of hydrogen-bond acceptors (Lipinski definition) is 9. The van der Waals surface area contributed by atoms with Crippen LogP contribution in [0.15, 0.2) is 85.2 Å². The van der Waals surface area contributed by atoms with E-state index in [-0.39, 0.29) is 29.7 Å². The van der Waals surface area contributed by atoms with Crippen molar-refractivity contribution in [1.29, 1.82) is 0 Å². The standard InChI is InChI=1S/C50H55FN10O4/c1-57-39(28-42-40(12-17-52-47(42)57)36-6-9-44-37(26-36)29-53-56-44)31-58-18-15-34(16-19-58)33-2-4-35(5-3-33)49(64)60-20-13-32(14-21-60)30-59-22-24-61(25-23-59)50(65)41-8-7-38(27-43(41)51)54-45-10-11-46(62)55-48(45)63/h2-9,12,17,26-29,32,34,45,54H,10-11,13-16,18-25,30-31H2,1H3,(H,53,56)(H,55,62,63). The van der Waals surface area contributed by atoms with Crippen LogP contribution in [0.1, 0.15) is 76.4 Å². The average molecular weight is 879 g/mol. The first-order valence-electron chi connectivity index (χ1n) is 23.0. The number of hydrogen-bond donors (Lipinski definition) is 3. The van der Waals surface area contributed by atoms with Gasteiger partial charge < -0.3 is 19.7 Å². The Morgan fingerprint density at radius 3 is 2.32 bits per heavy atom. The summed E-state index contributed by atoms with van der Waals surface area (Å²) in [5, 5.41) is 14.7. The van der Waals surface area contributed by atoms with Crippen LogP contribution in [0, 0.1) is 11.7 Å². The lowest BCUT2D eigenvalue weighted by Gasteiger charge is -2.39. The largest absolute Gasteiger partial charge is 0.374 e. The molecule has 0 bridgehead atoms. The zero-order chi connectivity index (χ0) is 44.6. The van der Waals surface area contributed by atoms with E-state index in [1.165, 1.54) is 29.0 Å². The van der Waals surface area contributed by atoms with Gasteiger partial charge in [-0.05, 0) is 128 Å². The van der Waals surface area contributed by atoms with Gasteiger partial charge in [-0.25, -0.2) is 9.37 Å². The summed E-state index contributed by atoms with van der Waals surface area (Å²) >= 11 is 0. The van der Waals surface area contributed by atoms with Crippen molar-refractivity contribution in [3.05, 3.63) is 113 Å². The van der Waals surface area contributed by atoms with E-state index in [4.69, 9.17) is 4.98 Å². The number of nitrogens with one attached hydrogen (secondary N) is 3. The van der Waals surface area contributed by atoms with Crippen LogP contribution in [0.4, 0.5) is 10.1 Å². The summed E-state index contributed by atoms with van der Waals surface area (Å²) in [6.45, 7) is 7.70. The van der Waals surface area contributed by atoms with E-state index in [0.29, 0.717) is 50.1 Å². The van der Waals surface area contributed by atoms with Crippen molar-refractivity contribution < 1.29 is 23.6 Å². The molecule has 14 nitrogen and oxygen atoms in total. The maximum Gasteiger partial charge on any atom is 0.256 e. The lowest BCUT2D eigenvalue weighted by Crippen LogP contribution is -2.50. The molecule has 4 fully saturated rings. The number of pyridine rings is 1. The van der Waals surface area contributed by atoms with E-state index in [0.717, 1.165) is 98.0 Å². The molecular weight excluding hydrogens is 824 g/mol. The molecule has 65 heavy (non-hydrogen) atoms. The highest BCUT2D eigenvalue weighted by Gasteiger charge is 2.31. The second-order valence-corrected chi connectivity index (χ2v) is 18.3. The molecule has 7 heterocycles. The highest BCUT2D eigenvalue weighted by molar-refractivity contribution is 6.02. The first-order chi connectivity index (χ1) is 31.6. The highest BCUT2D eigenvalue weighted by Crippen LogP contribution is 2.34. The number of piperazine rings is 1. The molecular formula is C50H55FN10O4. The van der Waals surface area contributed by atoms with Crippen molar-refractivity contribution in [2.75, 3.05) is 64.2 Å². The summed E-state index contributed by atoms with van der Waals surface area (Å²) in [5.41, 5.74) is 8.04. The smallest absolute Gasteiger partial charge is 0.256 e. The van der Waals surface area contributed by atoms with Crippen LogP contribution < -0.4 is 10.6 Å². The van der Waals surface area contributed by atoms with Gasteiger partial charge in [-0.15, -0.1) is 0 Å². The van der Waals surface area contributed by atoms with Gasteiger partial charge in [-0.1, -0.05) is 18.2 Å². The van der Waals surface area contributed by atoms with Gasteiger partial charge in [0.1, 0.15) is 17.5 Å². The van der Waals surface area contributed by atoms with Crippen molar-refractivity contribution in [3.63, 3.8) is 0 Å². The molecule has 0 spiro atoms. The summed E-state index contributed by atoms with van der Waals surface area (Å²) < 4.78 is 17.4. The van der Waals surface area contributed by atoms with Crippen LogP contribution in [0.3, 0.4) is 0 Å². The molecule has 1 unspecified atom stereocenters. The number of rotatable bonds is 10. The number of nitrogens with zero attached hydrogens (tertiary/aromatic N) is 7. The molecule has 3 N–H and O–H groups in total. The number of carbonyl (C=O) groups is 4. The maximum absolute atomic E-state index is 15.1. The number of anilines is 1. The molecule has 3 aromatic carbocycles. The van der Waals surface area contributed by atoms with Gasteiger partial charge in [-0.2, -0.15) is 5.10 Å². The third-order valence-corrected chi connectivity index (χ3v) is 14.2. The molecule has 336 valence electrons. The molecule has 4 saturated heterocycles. The monoisotopic (exact) mass is 878 g/mol. The minimum Gasteiger partial charge on any atom is -0.374 e. The van der Waals surface area contributed by atoms with Crippen molar-refractivity contribution in [2.24, 2.45) is 13.0 Å². The maximum atomic E-state index is 15.1. The van der Waals surface area contributed by atoms with Gasteiger partial charge in [-0.3, -0.25) is 39.4 Å². The average Bonchev–Trinajstić information content (AvgIpc) is 3.93. The van der Waals surface area contributed by atoms with Gasteiger partial charge >= 0.3 is 0 Å². The summed E-state index contributed by atoms with van der Waals surface area (Å²) in [6.07, 6.45) is 8.32. The van der Waals surface area contributed by atoms with Crippen LogP contribution in [0.5, 0.6) is 0 Å². The number of H-pyrrole nitrogens is 1. The van der Waals surface area contributed by atoms with Crippen LogP contribution in [0.25, 0.3) is 33.1 Å². The Bertz CT molecular complexity index is 2740. The number of aromatic nitrogens is 4. The minimum atomic E-state index is -0.647. The molecule has 0 saturated carbocycles. The number of benzene rings is 3. The summed E-state index contributed by atoms with van der Waals surface area (Å²) in [7, 11) is 2.12. The number of fused-ring (bicyclic) bond motifs is 2. The van der Waals surface area contributed by atoms with Crippen molar-refractivity contribution in [1.82, 2.24) is 44.7 Å². The minimum absolute atomic E-state index is 0.00201. The Hall–Kier alpha value is -6.45. The number of piperidine rings is 3. The normalized spacial score (nSPS) is 19.6. The number of carbonyl (C=O) groups excluding carboxylic acids is 4. The Kier molecular flexibility index (Phi) is 11.9. The Labute approximate surface area is 377 Å². The molecule has 15 heteroatoms. The van der Waals surface area contributed by atoms with E-state index in [1.807, 2.05) is 29.4 Å². The quantitative estimate of drug-likeness (QED) is 0.138. The van der Waals surface area contributed by atoms with Gasteiger partial charge in [0.05, 0.1) is 17.3 Å². The number of halogens is 1. The van der Waals surface area contributed by atoms with E-state index in [1.54, 1.807) is 11.0 Å². The fourth-order valence-electron chi connectivity index (χ4n) is 10.3. The zero-order valence-corrected chi connectivity index (χ0v) is 36.8. The summed E-state index contributed by atoms with van der Waals surface area (Å²) in [6, 6.07) is 22.8. The lowest BCUT2D eigenvalue weighted by molar-refractivity contribution is -0.133. The van der Waals surface area contributed by atoms with E-state index in [9.17, 15) is 19.2 Å². The fraction of sp³-hybridized carbons (Fsp3) is 0.400. The van der Waals surface area contributed by atoms with Gasteiger partial charge in [0.15, 0.2) is 0 Å². The zero-order valence-electron chi connectivity index (χ0n) is 36.8. The first kappa shape index (κ1) is 42.5. The van der Waals surface area contributed by atoms with Gasteiger partial charge in [0, 0.05) is 99.7 Å². The van der Waals surface area contributed by atoms with E-state index in [2.05, 4.69) is 84.7 Å². The predicted octanol–water partition coefficient (Wildman–Crippen LogP) is 6.16. The molecule has 0 aliphatic carbocycles. The molecule has 3 aromatic heterocycles. The summed E-state index contributed by atoms with van der Waals surface area (Å²) in [4.78, 5) is 63.8. The Balaban J connectivity index is 0.658. The number of aryl methyl sites for hydroxylation is 1. The highest BCUT2D eigenvalue weighted by atomic mass is 19.1. The van der Waals surface area contributed by atoms with Crippen LogP contribution in [-0.4, -0.2) is 128 Å². The SMILES string of the molecule is Cn1c(CN2CCC(c3ccc(C(=O)N4CCC(CN5CCN(C(=O)c6ccc(NC7CCC(=O)NC7=O)cc6F)CC5)CC4)cc3)CC2)cc2c(-c3ccc4[nH]ncc4c3)ccnc21. The summed E-state index contributed by atoms with van der Waals surface area (Å²) in [5.74, 6) is -0.719. The number of aromatic amines is 1.